The number of nitrogens with two attached hydrogens (primary N) is 1. The minimum Gasteiger partial charge on any atom is -0.388 e. The summed E-state index contributed by atoms with van der Waals surface area (Å²) in [6.07, 6.45) is 0.740. The van der Waals surface area contributed by atoms with Crippen molar-refractivity contribution in [3.05, 3.63) is 83.9 Å². The molecule has 1 saturated heterocycles. The number of imidazole rings is 1. The predicted octanol–water partition coefficient (Wildman–Crippen LogP) is 1.81. The number of aryl methyl sites for hydroxylation is 1. The molecule has 0 spiro atoms. The second-order valence-electron chi connectivity index (χ2n) is 11.5. The van der Waals surface area contributed by atoms with Crippen LogP contribution >= 0.6 is 0 Å². The lowest BCUT2D eigenvalue weighted by Crippen LogP contribution is -2.31. The molecule has 0 unspecified atom stereocenters. The van der Waals surface area contributed by atoms with Crippen LogP contribution in [-0.4, -0.2) is 87.8 Å². The van der Waals surface area contributed by atoms with Crippen LogP contribution in [0.3, 0.4) is 0 Å². The van der Waals surface area contributed by atoms with Crippen LogP contribution in [-0.2, 0) is 0 Å². The molecule has 1 aliphatic heterocycles. The number of rotatable bonds is 8. The maximum atomic E-state index is 11.2. The standard InChI is InChI=1S/C30H35N11O2/c1-18-36-38-41(37-18)24-14-23(26(42)27(24)43)40-17-33-25-28(34-30(35-29(25)40)39-13-12-21(31)16-39)32-15-22(19-8-4-2-5-9-19)20-10-6-3-7-11-20/h2-11,17,21-24,26-27,42-43H,12-16,31H2,1H3,(H,32,34,35)/t21-,23-,24+,26+,27-/m1/s1. The summed E-state index contributed by atoms with van der Waals surface area (Å²) in [5.41, 5.74) is 9.79. The first kappa shape index (κ1) is 27.4. The molecule has 5 aromatic rings. The maximum absolute atomic E-state index is 11.2. The highest BCUT2D eigenvalue weighted by molar-refractivity contribution is 5.84. The van der Waals surface area contributed by atoms with Gasteiger partial charge in [0.25, 0.3) is 0 Å². The van der Waals surface area contributed by atoms with Crippen molar-refractivity contribution in [2.24, 2.45) is 5.73 Å². The number of aromatic nitrogens is 8. The summed E-state index contributed by atoms with van der Waals surface area (Å²) in [7, 11) is 0. The molecule has 1 saturated carbocycles. The molecular weight excluding hydrogens is 546 g/mol. The molecule has 5 atom stereocenters. The van der Waals surface area contributed by atoms with E-state index in [0.29, 0.717) is 48.3 Å². The Bertz CT molecular complexity index is 1650. The van der Waals surface area contributed by atoms with Gasteiger partial charge in [-0.1, -0.05) is 60.7 Å². The Hall–Kier alpha value is -4.46. The lowest BCUT2D eigenvalue weighted by Gasteiger charge is -2.22. The molecule has 43 heavy (non-hydrogen) atoms. The summed E-state index contributed by atoms with van der Waals surface area (Å²) in [5.74, 6) is 1.73. The van der Waals surface area contributed by atoms with Gasteiger partial charge in [-0.25, -0.2) is 4.98 Å². The number of nitrogens with one attached hydrogen (secondary N) is 1. The zero-order chi connectivity index (χ0) is 29.5. The smallest absolute Gasteiger partial charge is 0.229 e. The van der Waals surface area contributed by atoms with Gasteiger partial charge in [-0.05, 0) is 36.1 Å². The molecule has 222 valence electrons. The molecule has 0 amide bonds. The van der Waals surface area contributed by atoms with E-state index >= 15 is 0 Å². The van der Waals surface area contributed by atoms with E-state index in [4.69, 9.17) is 20.7 Å². The van der Waals surface area contributed by atoms with Crippen molar-refractivity contribution in [2.75, 3.05) is 29.9 Å². The molecule has 2 aromatic carbocycles. The van der Waals surface area contributed by atoms with E-state index in [1.165, 1.54) is 15.9 Å². The van der Waals surface area contributed by atoms with Crippen molar-refractivity contribution in [1.82, 2.24) is 39.7 Å². The maximum Gasteiger partial charge on any atom is 0.229 e. The molecule has 13 nitrogen and oxygen atoms in total. The van der Waals surface area contributed by atoms with Gasteiger partial charge in [-0.2, -0.15) is 14.8 Å². The Morgan fingerprint density at radius 3 is 2.30 bits per heavy atom. The van der Waals surface area contributed by atoms with Crippen LogP contribution in [0.15, 0.2) is 67.0 Å². The fraction of sp³-hybridized carbons (Fsp3) is 0.400. The fourth-order valence-corrected chi connectivity index (χ4v) is 6.31. The van der Waals surface area contributed by atoms with Gasteiger partial charge in [0.2, 0.25) is 5.95 Å². The van der Waals surface area contributed by atoms with E-state index in [-0.39, 0.29) is 12.0 Å². The molecule has 3 aromatic heterocycles. The van der Waals surface area contributed by atoms with Crippen molar-refractivity contribution in [1.29, 1.82) is 0 Å². The van der Waals surface area contributed by atoms with Crippen molar-refractivity contribution in [3.63, 3.8) is 0 Å². The topological polar surface area (TPSA) is 169 Å². The highest BCUT2D eigenvalue weighted by atomic mass is 16.3. The van der Waals surface area contributed by atoms with Gasteiger partial charge in [0.1, 0.15) is 18.2 Å². The normalized spacial score (nSPS) is 23.9. The summed E-state index contributed by atoms with van der Waals surface area (Å²) >= 11 is 0. The number of anilines is 2. The second-order valence-corrected chi connectivity index (χ2v) is 11.5. The third-order valence-corrected chi connectivity index (χ3v) is 8.60. The van der Waals surface area contributed by atoms with Gasteiger partial charge in [0, 0.05) is 31.6 Å². The quantitative estimate of drug-likeness (QED) is 0.211. The van der Waals surface area contributed by atoms with Crippen molar-refractivity contribution in [3.8, 4) is 0 Å². The number of hydrogen-bond donors (Lipinski definition) is 4. The van der Waals surface area contributed by atoms with E-state index in [9.17, 15) is 10.2 Å². The van der Waals surface area contributed by atoms with Crippen LogP contribution in [0, 0.1) is 6.92 Å². The summed E-state index contributed by atoms with van der Waals surface area (Å²) < 4.78 is 1.84. The second kappa shape index (κ2) is 11.3. The number of hydrogen-bond acceptors (Lipinski definition) is 11. The summed E-state index contributed by atoms with van der Waals surface area (Å²) in [5, 5.41) is 38.0. The molecule has 2 aliphatic rings. The van der Waals surface area contributed by atoms with Crippen LogP contribution in [0.4, 0.5) is 11.8 Å². The minimum absolute atomic E-state index is 0.0485. The summed E-state index contributed by atoms with van der Waals surface area (Å²) in [4.78, 5) is 18.1. The largest absolute Gasteiger partial charge is 0.388 e. The fourth-order valence-electron chi connectivity index (χ4n) is 6.31. The first-order valence-electron chi connectivity index (χ1n) is 14.7. The molecule has 13 heteroatoms. The number of nitrogens with zero attached hydrogens (tertiary/aromatic N) is 9. The van der Waals surface area contributed by atoms with Gasteiger partial charge in [-0.15, -0.1) is 10.2 Å². The predicted molar refractivity (Wildman–Crippen MR) is 161 cm³/mol. The summed E-state index contributed by atoms with van der Waals surface area (Å²) in [6.45, 7) is 3.72. The van der Waals surface area contributed by atoms with Crippen LogP contribution < -0.4 is 16.0 Å². The Kier molecular flexibility index (Phi) is 7.21. The Morgan fingerprint density at radius 2 is 1.67 bits per heavy atom. The zero-order valence-corrected chi connectivity index (χ0v) is 23.8. The minimum atomic E-state index is -1.08. The first-order chi connectivity index (χ1) is 21.0. The van der Waals surface area contributed by atoms with Crippen molar-refractivity contribution in [2.45, 2.75) is 56.0 Å². The molecule has 4 heterocycles. The van der Waals surface area contributed by atoms with Crippen LogP contribution in [0.1, 0.15) is 47.8 Å². The van der Waals surface area contributed by atoms with Gasteiger partial charge < -0.3 is 30.7 Å². The number of benzene rings is 2. The zero-order valence-electron chi connectivity index (χ0n) is 23.8. The van der Waals surface area contributed by atoms with E-state index < -0.39 is 24.3 Å². The van der Waals surface area contributed by atoms with Crippen molar-refractivity contribution >= 4 is 22.9 Å². The molecule has 0 radical (unpaired) electrons. The monoisotopic (exact) mass is 581 g/mol. The first-order valence-corrected chi connectivity index (χ1v) is 14.7. The number of aliphatic hydroxyl groups excluding tert-OH is 2. The molecule has 0 bridgehead atoms. The van der Waals surface area contributed by atoms with Gasteiger partial charge >= 0.3 is 0 Å². The lowest BCUT2D eigenvalue weighted by molar-refractivity contribution is 0.00474. The average Bonchev–Trinajstić information content (AvgIpc) is 3.82. The lowest BCUT2D eigenvalue weighted by atomic mass is 9.91. The van der Waals surface area contributed by atoms with Crippen molar-refractivity contribution < 1.29 is 10.2 Å². The number of aliphatic hydroxyl groups is 2. The van der Waals surface area contributed by atoms with Crippen LogP contribution in [0.25, 0.3) is 11.2 Å². The Balaban J connectivity index is 1.25. The van der Waals surface area contributed by atoms with Gasteiger partial charge in [-0.3, -0.25) is 0 Å². The van der Waals surface area contributed by atoms with E-state index in [1.807, 2.05) is 16.7 Å². The Labute approximate surface area is 248 Å². The molecular formula is C30H35N11O2. The summed E-state index contributed by atoms with van der Waals surface area (Å²) in [6, 6.07) is 19.8. The SMILES string of the molecule is Cc1nnn([C@H]2C[C@@H](n3cnc4c(NCC(c5ccccc5)c5ccccc5)nc(N5CC[C@@H](N)C5)nc43)[C@H](O)[C@@H]2O)n1. The highest BCUT2D eigenvalue weighted by Gasteiger charge is 2.45. The van der Waals surface area contributed by atoms with Crippen LogP contribution in [0.5, 0.6) is 0 Å². The number of tetrazole rings is 1. The van der Waals surface area contributed by atoms with Crippen LogP contribution in [0.2, 0.25) is 0 Å². The van der Waals surface area contributed by atoms with E-state index in [0.717, 1.165) is 13.0 Å². The Morgan fingerprint density at radius 1 is 0.977 bits per heavy atom. The molecule has 5 N–H and O–H groups in total. The van der Waals surface area contributed by atoms with Gasteiger partial charge in [0.15, 0.2) is 22.8 Å². The third-order valence-electron chi connectivity index (χ3n) is 8.60. The third kappa shape index (κ3) is 5.19. The highest BCUT2D eigenvalue weighted by Crippen LogP contribution is 2.40. The molecule has 7 rings (SSSR count). The van der Waals surface area contributed by atoms with E-state index in [2.05, 4.69) is 74.2 Å². The average molecular weight is 582 g/mol. The van der Waals surface area contributed by atoms with Gasteiger partial charge in [0.05, 0.1) is 12.4 Å². The van der Waals surface area contributed by atoms with E-state index in [1.54, 1.807) is 13.3 Å². The molecule has 2 fully saturated rings. The molecule has 1 aliphatic carbocycles. The number of fused-ring (bicyclic) bond motifs is 1.